The number of ether oxygens (including phenoxy) is 2. The average Bonchev–Trinajstić information content (AvgIpc) is 3.32. The zero-order valence-corrected chi connectivity index (χ0v) is 29.0. The lowest BCUT2D eigenvalue weighted by Crippen LogP contribution is -2.67. The van der Waals surface area contributed by atoms with E-state index in [0.717, 1.165) is 38.5 Å². The standard InChI is InChI=1S/C37H52O10/c1-21-25(47-31(43)46-21)18-45-28(40)19-44-20-35(5)26-8-11-37(7)29(34(26,4)10-9-27(35)39)24(38)16-22-23-17-33(3,30(41)42)13-12-32(23,2)14-15-36(22,37)6/h16,23,26-27,29,39H,8-15,17-20H2,1-7H3,(H,41,42)/t23-,26?,27-,29+,32+,33-,34-,35-,36+,37+/m0/s1. The first kappa shape index (κ1) is 34.2. The molecule has 2 N–H and O–H groups in total. The lowest BCUT2D eigenvalue weighted by atomic mass is 9.33. The molecule has 1 heterocycles. The van der Waals surface area contributed by atoms with E-state index >= 15 is 0 Å². The second kappa shape index (κ2) is 11.2. The van der Waals surface area contributed by atoms with Crippen LogP contribution in [0.4, 0.5) is 0 Å². The lowest BCUT2D eigenvalue weighted by Gasteiger charge is -2.70. The van der Waals surface area contributed by atoms with Crippen LogP contribution in [0.1, 0.15) is 111 Å². The van der Waals surface area contributed by atoms with Crippen LogP contribution in [0.2, 0.25) is 0 Å². The van der Waals surface area contributed by atoms with Gasteiger partial charge in [0.05, 0.1) is 18.1 Å². The number of hydrogen-bond donors (Lipinski definition) is 2. The Labute approximate surface area is 276 Å². The molecule has 4 fully saturated rings. The number of esters is 1. The van der Waals surface area contributed by atoms with E-state index in [1.165, 1.54) is 5.57 Å². The summed E-state index contributed by atoms with van der Waals surface area (Å²) in [5.41, 5.74) is -1.27. The van der Waals surface area contributed by atoms with Crippen LogP contribution in [0.25, 0.3) is 0 Å². The molecule has 10 atom stereocenters. The number of carboxylic acid groups (broad SMARTS) is 1. The highest BCUT2D eigenvalue weighted by Gasteiger charge is 2.70. The van der Waals surface area contributed by atoms with Crippen molar-refractivity contribution >= 4 is 17.7 Å². The van der Waals surface area contributed by atoms with E-state index in [4.69, 9.17) is 18.3 Å². The van der Waals surface area contributed by atoms with Crippen molar-refractivity contribution in [1.29, 1.82) is 0 Å². The molecular formula is C37H52O10. The van der Waals surface area contributed by atoms with Gasteiger partial charge >= 0.3 is 17.8 Å². The molecule has 0 amide bonds. The maximum atomic E-state index is 14.6. The van der Waals surface area contributed by atoms with Crippen LogP contribution in [0, 0.1) is 57.2 Å². The molecule has 4 saturated carbocycles. The largest absolute Gasteiger partial charge is 0.519 e. The minimum atomic E-state index is -0.857. The van der Waals surface area contributed by atoms with Gasteiger partial charge in [-0.25, -0.2) is 9.59 Å². The van der Waals surface area contributed by atoms with Gasteiger partial charge in [-0.1, -0.05) is 40.2 Å². The van der Waals surface area contributed by atoms with Gasteiger partial charge in [0, 0.05) is 11.3 Å². The van der Waals surface area contributed by atoms with Gasteiger partial charge in [-0.3, -0.25) is 9.59 Å². The summed E-state index contributed by atoms with van der Waals surface area (Å²) < 4.78 is 20.8. The molecule has 10 heteroatoms. The summed E-state index contributed by atoms with van der Waals surface area (Å²) in [7, 11) is 0. The van der Waals surface area contributed by atoms with Crippen molar-refractivity contribution in [3.05, 3.63) is 33.8 Å². The second-order valence-corrected chi connectivity index (χ2v) is 17.2. The Morgan fingerprint density at radius 2 is 1.66 bits per heavy atom. The molecule has 0 saturated heterocycles. The third-order valence-electron chi connectivity index (χ3n) is 14.7. The third kappa shape index (κ3) is 5.01. The summed E-state index contributed by atoms with van der Waals surface area (Å²) in [5, 5.41) is 21.6. The first-order chi connectivity index (χ1) is 21.8. The normalized spacial score (nSPS) is 44.3. The lowest BCUT2D eigenvalue weighted by molar-refractivity contribution is -0.216. The van der Waals surface area contributed by atoms with Gasteiger partial charge in [-0.15, -0.1) is 0 Å². The summed E-state index contributed by atoms with van der Waals surface area (Å²) >= 11 is 0. The molecule has 1 aromatic rings. The molecular weight excluding hydrogens is 604 g/mol. The molecule has 5 aliphatic carbocycles. The zero-order chi connectivity index (χ0) is 34.4. The van der Waals surface area contributed by atoms with Crippen molar-refractivity contribution in [2.45, 2.75) is 119 Å². The number of fused-ring (bicyclic) bond motifs is 7. The second-order valence-electron chi connectivity index (χ2n) is 17.2. The summed E-state index contributed by atoms with van der Waals surface area (Å²) in [6.45, 7) is 14.2. The molecule has 1 unspecified atom stereocenters. The number of aliphatic hydroxyl groups excluding tert-OH is 1. The number of ketones is 1. The Kier molecular flexibility index (Phi) is 8.11. The molecule has 0 aromatic carbocycles. The zero-order valence-electron chi connectivity index (χ0n) is 29.0. The fraction of sp³-hybridized carbons (Fsp3) is 0.784. The third-order valence-corrected chi connectivity index (χ3v) is 14.7. The quantitative estimate of drug-likeness (QED) is 0.334. The predicted molar refractivity (Wildman–Crippen MR) is 170 cm³/mol. The number of carboxylic acids is 1. The highest BCUT2D eigenvalue weighted by Crippen LogP contribution is 2.75. The van der Waals surface area contributed by atoms with Crippen LogP contribution in [0.5, 0.6) is 0 Å². The van der Waals surface area contributed by atoms with E-state index in [1.54, 1.807) is 6.92 Å². The minimum Gasteiger partial charge on any atom is -0.481 e. The average molecular weight is 657 g/mol. The Bertz CT molecular complexity index is 1550. The molecule has 0 bridgehead atoms. The first-order valence-corrected chi connectivity index (χ1v) is 17.3. The summed E-state index contributed by atoms with van der Waals surface area (Å²) in [6.07, 6.45) is 8.23. The Balaban J connectivity index is 1.24. The number of allylic oxidation sites excluding steroid dienone is 2. The van der Waals surface area contributed by atoms with Crippen molar-refractivity contribution in [1.82, 2.24) is 0 Å². The number of hydrogen-bond acceptors (Lipinski definition) is 9. The predicted octanol–water partition coefficient (Wildman–Crippen LogP) is 6.01. The number of carbonyl (C=O) groups is 3. The molecule has 0 radical (unpaired) electrons. The summed E-state index contributed by atoms with van der Waals surface area (Å²) in [5.74, 6) is -1.90. The van der Waals surface area contributed by atoms with Gasteiger partial charge in [0.2, 0.25) is 0 Å². The highest BCUT2D eigenvalue weighted by atomic mass is 16.6. The molecule has 0 aliphatic heterocycles. The Hall–Kier alpha value is -2.72. The number of aryl methyl sites for hydroxylation is 1. The maximum Gasteiger partial charge on any atom is 0.519 e. The Morgan fingerprint density at radius 1 is 0.957 bits per heavy atom. The molecule has 260 valence electrons. The van der Waals surface area contributed by atoms with Crippen LogP contribution in [-0.2, 0) is 30.5 Å². The molecule has 47 heavy (non-hydrogen) atoms. The van der Waals surface area contributed by atoms with E-state index in [0.29, 0.717) is 19.3 Å². The Morgan fingerprint density at radius 3 is 2.32 bits per heavy atom. The number of carbonyl (C=O) groups excluding carboxylic acids is 2. The van der Waals surface area contributed by atoms with Crippen molar-refractivity contribution in [2.24, 2.45) is 50.2 Å². The molecule has 0 spiro atoms. The van der Waals surface area contributed by atoms with Gasteiger partial charge in [0.1, 0.15) is 6.61 Å². The van der Waals surface area contributed by atoms with Crippen molar-refractivity contribution in [2.75, 3.05) is 13.2 Å². The summed E-state index contributed by atoms with van der Waals surface area (Å²) in [4.78, 5) is 50.8. The number of rotatable bonds is 7. The van der Waals surface area contributed by atoms with Gasteiger partial charge in [-0.05, 0) is 111 Å². The van der Waals surface area contributed by atoms with Crippen LogP contribution < -0.4 is 5.82 Å². The molecule has 10 nitrogen and oxygen atoms in total. The van der Waals surface area contributed by atoms with Crippen LogP contribution in [-0.4, -0.2) is 47.3 Å². The fourth-order valence-electron chi connectivity index (χ4n) is 11.4. The van der Waals surface area contributed by atoms with E-state index in [9.17, 15) is 29.4 Å². The maximum absolute atomic E-state index is 14.6. The smallest absolute Gasteiger partial charge is 0.481 e. The first-order valence-electron chi connectivity index (χ1n) is 17.3. The topological polar surface area (TPSA) is 153 Å². The van der Waals surface area contributed by atoms with Crippen LogP contribution >= 0.6 is 0 Å². The van der Waals surface area contributed by atoms with Gasteiger partial charge in [0.15, 0.2) is 23.9 Å². The van der Waals surface area contributed by atoms with Crippen molar-refractivity contribution in [3.8, 4) is 0 Å². The molecule has 1 aromatic heterocycles. The summed E-state index contributed by atoms with van der Waals surface area (Å²) in [6, 6.07) is 0. The molecule has 6 rings (SSSR count). The highest BCUT2D eigenvalue weighted by molar-refractivity contribution is 5.95. The molecule has 5 aliphatic rings. The monoisotopic (exact) mass is 656 g/mol. The van der Waals surface area contributed by atoms with E-state index < -0.39 is 40.1 Å². The van der Waals surface area contributed by atoms with E-state index in [-0.39, 0.29) is 71.1 Å². The van der Waals surface area contributed by atoms with E-state index in [1.807, 2.05) is 19.9 Å². The van der Waals surface area contributed by atoms with Gasteiger partial charge in [0.25, 0.3) is 0 Å². The van der Waals surface area contributed by atoms with Crippen molar-refractivity contribution in [3.63, 3.8) is 0 Å². The van der Waals surface area contributed by atoms with Crippen molar-refractivity contribution < 1.29 is 42.9 Å². The fourth-order valence-corrected chi connectivity index (χ4v) is 11.4. The minimum absolute atomic E-state index is 0.0119. The van der Waals surface area contributed by atoms with Crippen LogP contribution in [0.3, 0.4) is 0 Å². The SMILES string of the molecule is Cc1oc(=O)oc1COC(=O)COC[C@@]1(C)C2CC[C@]3(C)[C@H](C(=O)C=C4[C@@H]5C[C@@](C)(C(=O)O)CC[C@]5(C)CC[C@]43C)[C@@]2(C)CC[C@@H]1O. The van der Waals surface area contributed by atoms with Crippen LogP contribution in [0.15, 0.2) is 25.3 Å². The van der Waals surface area contributed by atoms with Gasteiger partial charge < -0.3 is 28.5 Å². The number of aliphatic hydroxyl groups is 1. The van der Waals surface area contributed by atoms with E-state index in [2.05, 4.69) is 27.7 Å². The number of aliphatic carboxylic acids is 1. The van der Waals surface area contributed by atoms with Gasteiger partial charge in [-0.2, -0.15) is 0 Å².